The Labute approximate surface area is 179 Å². The molecule has 0 aromatic heterocycles. The lowest BCUT2D eigenvalue weighted by molar-refractivity contribution is -0.146. The molecule has 8 heteroatoms. The summed E-state index contributed by atoms with van der Waals surface area (Å²) in [6.45, 7) is 4.11. The van der Waals surface area contributed by atoms with Crippen LogP contribution in [-0.4, -0.2) is 58.3 Å². The van der Waals surface area contributed by atoms with Gasteiger partial charge in [-0.3, -0.25) is 9.79 Å². The van der Waals surface area contributed by atoms with Gasteiger partial charge in [0.1, 0.15) is 5.92 Å². The summed E-state index contributed by atoms with van der Waals surface area (Å²) in [6, 6.07) is 7.44. The summed E-state index contributed by atoms with van der Waals surface area (Å²) < 4.78 is 22.1. The van der Waals surface area contributed by atoms with Gasteiger partial charge in [-0.15, -0.1) is 0 Å². The molecule has 29 heavy (non-hydrogen) atoms. The average molecular weight is 468 g/mol. The maximum Gasteiger partial charge on any atom is 0.336 e. The third kappa shape index (κ3) is 5.52. The predicted molar refractivity (Wildman–Crippen MR) is 112 cm³/mol. The first-order chi connectivity index (χ1) is 14.0. The van der Waals surface area contributed by atoms with Gasteiger partial charge in [-0.25, -0.2) is 4.79 Å². The molecule has 0 radical (unpaired) electrons. The number of hydrogen-bond acceptors (Lipinski definition) is 7. The topological polar surface area (TPSA) is 83.4 Å². The molecule has 0 bridgehead atoms. The highest BCUT2D eigenvalue weighted by Crippen LogP contribution is 2.40. The van der Waals surface area contributed by atoms with Crippen LogP contribution < -0.4 is 0 Å². The van der Waals surface area contributed by atoms with E-state index in [2.05, 4.69) is 20.9 Å². The fraction of sp³-hybridized carbons (Fsp3) is 0.476. The molecule has 0 N–H and O–H groups in total. The quantitative estimate of drug-likeness (QED) is 0.518. The van der Waals surface area contributed by atoms with E-state index in [0.717, 1.165) is 10.0 Å². The Hall–Kier alpha value is -2.03. The normalized spacial score (nSPS) is 19.0. The fourth-order valence-electron chi connectivity index (χ4n) is 3.35. The Morgan fingerprint density at radius 2 is 1.62 bits per heavy atom. The standard InChI is InChI=1S/C21H26BrNO6/c1-5-28-20(24)18-15(11-26-3)23-16(12-27-4)19(21(25)29-6-2)17(18)13-7-9-14(22)10-8-13/h7-10,17-18H,5-6,11-12H2,1-4H3. The van der Waals surface area contributed by atoms with Crippen molar-refractivity contribution in [2.45, 2.75) is 19.8 Å². The number of halogens is 1. The molecule has 0 amide bonds. The zero-order valence-electron chi connectivity index (χ0n) is 17.1. The average Bonchev–Trinajstić information content (AvgIpc) is 2.69. The third-order valence-electron chi connectivity index (χ3n) is 4.43. The second-order valence-electron chi connectivity index (χ2n) is 6.31. The smallest absolute Gasteiger partial charge is 0.336 e. The van der Waals surface area contributed by atoms with Crippen LogP contribution in [0.3, 0.4) is 0 Å². The molecule has 7 nitrogen and oxygen atoms in total. The summed E-state index contributed by atoms with van der Waals surface area (Å²) in [5, 5.41) is 0. The van der Waals surface area contributed by atoms with E-state index < -0.39 is 23.8 Å². The van der Waals surface area contributed by atoms with Gasteiger partial charge in [-0.1, -0.05) is 28.1 Å². The first-order valence-corrected chi connectivity index (χ1v) is 10.1. The predicted octanol–water partition coefficient (Wildman–Crippen LogP) is 3.28. The van der Waals surface area contributed by atoms with E-state index in [-0.39, 0.29) is 26.4 Å². The zero-order chi connectivity index (χ0) is 21.4. The Kier molecular flexibility index (Phi) is 9.00. The van der Waals surface area contributed by atoms with Gasteiger partial charge in [0, 0.05) is 24.6 Å². The third-order valence-corrected chi connectivity index (χ3v) is 4.96. The van der Waals surface area contributed by atoms with Crippen molar-refractivity contribution in [2.24, 2.45) is 10.9 Å². The first-order valence-electron chi connectivity index (χ1n) is 9.35. The van der Waals surface area contributed by atoms with Gasteiger partial charge in [0.05, 0.1) is 43.4 Å². The zero-order valence-corrected chi connectivity index (χ0v) is 18.7. The molecule has 0 aliphatic carbocycles. The van der Waals surface area contributed by atoms with Crippen molar-refractivity contribution in [2.75, 3.05) is 40.6 Å². The highest BCUT2D eigenvalue weighted by atomic mass is 79.9. The lowest BCUT2D eigenvalue weighted by Gasteiger charge is -2.33. The van der Waals surface area contributed by atoms with Gasteiger partial charge in [-0.05, 0) is 31.5 Å². The van der Waals surface area contributed by atoms with Gasteiger partial charge < -0.3 is 18.9 Å². The number of benzene rings is 1. The van der Waals surface area contributed by atoms with Gasteiger partial charge in [0.25, 0.3) is 0 Å². The molecule has 2 rings (SSSR count). The molecular weight excluding hydrogens is 442 g/mol. The van der Waals surface area contributed by atoms with Crippen molar-refractivity contribution >= 4 is 33.6 Å². The molecule has 0 spiro atoms. The molecule has 0 saturated heterocycles. The Bertz CT molecular complexity index is 787. The Morgan fingerprint density at radius 1 is 1.00 bits per heavy atom. The number of nitrogens with zero attached hydrogens (tertiary/aromatic N) is 1. The number of aliphatic imine (C=N–C) groups is 1. The van der Waals surface area contributed by atoms with Crippen LogP contribution in [0.2, 0.25) is 0 Å². The van der Waals surface area contributed by atoms with E-state index >= 15 is 0 Å². The van der Waals surface area contributed by atoms with E-state index in [1.54, 1.807) is 13.8 Å². The monoisotopic (exact) mass is 467 g/mol. The molecule has 1 aliphatic heterocycles. The molecule has 1 aromatic rings. The van der Waals surface area contributed by atoms with Crippen molar-refractivity contribution in [3.8, 4) is 0 Å². The van der Waals surface area contributed by atoms with Crippen molar-refractivity contribution in [3.63, 3.8) is 0 Å². The summed E-state index contributed by atoms with van der Waals surface area (Å²) in [5.41, 5.74) is 1.98. The molecule has 0 saturated carbocycles. The SMILES string of the molecule is CCOC(=O)C1=C(COC)N=C(COC)C(C(=O)OCC)C1c1ccc(Br)cc1. The number of carbonyl (C=O) groups is 2. The van der Waals surface area contributed by atoms with Crippen molar-refractivity contribution in [1.82, 2.24) is 0 Å². The van der Waals surface area contributed by atoms with Gasteiger partial charge in [0.2, 0.25) is 0 Å². The van der Waals surface area contributed by atoms with E-state index in [0.29, 0.717) is 17.0 Å². The van der Waals surface area contributed by atoms with Crippen molar-refractivity contribution < 1.29 is 28.5 Å². The summed E-state index contributed by atoms with van der Waals surface area (Å²) in [5.74, 6) is -2.43. The van der Waals surface area contributed by atoms with Crippen LogP contribution in [0.25, 0.3) is 0 Å². The fourth-order valence-corrected chi connectivity index (χ4v) is 3.61. The number of rotatable bonds is 9. The van der Waals surface area contributed by atoms with E-state index in [1.165, 1.54) is 14.2 Å². The van der Waals surface area contributed by atoms with Crippen LogP contribution in [0, 0.1) is 5.92 Å². The molecule has 1 aliphatic rings. The largest absolute Gasteiger partial charge is 0.465 e. The molecule has 2 atom stereocenters. The summed E-state index contributed by atoms with van der Waals surface area (Å²) in [6.07, 6.45) is 0. The van der Waals surface area contributed by atoms with Gasteiger partial charge >= 0.3 is 11.9 Å². The lowest BCUT2D eigenvalue weighted by atomic mass is 9.75. The minimum absolute atomic E-state index is 0.101. The Morgan fingerprint density at radius 3 is 2.17 bits per heavy atom. The maximum absolute atomic E-state index is 13.0. The van der Waals surface area contributed by atoms with Crippen LogP contribution in [0.15, 0.2) is 45.0 Å². The Balaban J connectivity index is 2.73. The van der Waals surface area contributed by atoms with Gasteiger partial charge in [0.15, 0.2) is 0 Å². The lowest BCUT2D eigenvalue weighted by Crippen LogP contribution is -2.40. The van der Waals surface area contributed by atoms with Crippen LogP contribution >= 0.6 is 15.9 Å². The number of esters is 2. The summed E-state index contributed by atoms with van der Waals surface area (Å²) in [4.78, 5) is 30.4. The van der Waals surface area contributed by atoms with E-state index in [1.807, 2.05) is 24.3 Å². The van der Waals surface area contributed by atoms with Gasteiger partial charge in [-0.2, -0.15) is 0 Å². The highest BCUT2D eigenvalue weighted by Gasteiger charge is 2.44. The number of hydrogen-bond donors (Lipinski definition) is 0. The van der Waals surface area contributed by atoms with Crippen molar-refractivity contribution in [3.05, 3.63) is 45.6 Å². The van der Waals surface area contributed by atoms with Crippen LogP contribution in [0.5, 0.6) is 0 Å². The highest BCUT2D eigenvalue weighted by molar-refractivity contribution is 9.10. The van der Waals surface area contributed by atoms with Crippen LogP contribution in [0.4, 0.5) is 0 Å². The minimum Gasteiger partial charge on any atom is -0.465 e. The molecule has 1 heterocycles. The molecular formula is C21H26BrNO6. The summed E-state index contributed by atoms with van der Waals surface area (Å²) in [7, 11) is 3.05. The van der Waals surface area contributed by atoms with Crippen LogP contribution in [-0.2, 0) is 28.5 Å². The number of carbonyl (C=O) groups excluding carboxylic acids is 2. The van der Waals surface area contributed by atoms with E-state index in [4.69, 9.17) is 18.9 Å². The second kappa shape index (κ2) is 11.2. The number of methoxy groups -OCH3 is 2. The summed E-state index contributed by atoms with van der Waals surface area (Å²) >= 11 is 3.42. The second-order valence-corrected chi connectivity index (χ2v) is 7.22. The molecule has 0 fully saturated rings. The molecule has 158 valence electrons. The molecule has 1 aromatic carbocycles. The number of ether oxygens (including phenoxy) is 4. The molecule has 2 unspecified atom stereocenters. The maximum atomic E-state index is 13.0. The van der Waals surface area contributed by atoms with Crippen LogP contribution in [0.1, 0.15) is 25.3 Å². The van der Waals surface area contributed by atoms with Crippen molar-refractivity contribution in [1.29, 1.82) is 0 Å². The van der Waals surface area contributed by atoms with E-state index in [9.17, 15) is 9.59 Å². The first kappa shape index (κ1) is 23.3. The minimum atomic E-state index is -0.809.